The third kappa shape index (κ3) is 3.95. The van der Waals surface area contributed by atoms with Crippen LogP contribution in [0.4, 0.5) is 11.5 Å². The number of hydrogen-bond acceptors (Lipinski definition) is 4. The van der Waals surface area contributed by atoms with Gasteiger partial charge in [-0.25, -0.2) is 13.4 Å². The van der Waals surface area contributed by atoms with Crippen molar-refractivity contribution in [3.8, 4) is 0 Å². The van der Waals surface area contributed by atoms with Crippen molar-refractivity contribution < 1.29 is 8.42 Å². The fourth-order valence-corrected chi connectivity index (χ4v) is 3.10. The van der Waals surface area contributed by atoms with E-state index in [1.807, 2.05) is 19.0 Å². The van der Waals surface area contributed by atoms with E-state index < -0.39 is 10.0 Å². The lowest BCUT2D eigenvalue weighted by Gasteiger charge is -2.12. The summed E-state index contributed by atoms with van der Waals surface area (Å²) in [6.45, 7) is 0. The van der Waals surface area contributed by atoms with Gasteiger partial charge >= 0.3 is 0 Å². The summed E-state index contributed by atoms with van der Waals surface area (Å²) in [7, 11) is 0.155. The smallest absolute Gasteiger partial charge is 0.261 e. The SMILES string of the molecule is CN(C)c1ccc(NS(=O)(=O)c2ccc(CBr)cc2)cn1. The van der Waals surface area contributed by atoms with Crippen LogP contribution in [0.1, 0.15) is 5.56 Å². The molecule has 0 unspecified atom stereocenters. The molecule has 0 aliphatic heterocycles. The lowest BCUT2D eigenvalue weighted by Crippen LogP contribution is -2.14. The summed E-state index contributed by atoms with van der Waals surface area (Å²) in [5.74, 6) is 0.764. The average molecular weight is 370 g/mol. The predicted octanol–water partition coefficient (Wildman–Crippen LogP) is 2.84. The van der Waals surface area contributed by atoms with Crippen molar-refractivity contribution in [3.63, 3.8) is 0 Å². The molecule has 5 nitrogen and oxygen atoms in total. The minimum atomic E-state index is -3.59. The number of rotatable bonds is 5. The van der Waals surface area contributed by atoms with E-state index >= 15 is 0 Å². The predicted molar refractivity (Wildman–Crippen MR) is 88.4 cm³/mol. The Morgan fingerprint density at radius 1 is 1.14 bits per heavy atom. The maximum Gasteiger partial charge on any atom is 0.261 e. The minimum Gasteiger partial charge on any atom is -0.363 e. The number of anilines is 2. The molecule has 1 heterocycles. The van der Waals surface area contributed by atoms with Crippen molar-refractivity contribution in [2.75, 3.05) is 23.7 Å². The number of nitrogens with one attached hydrogen (secondary N) is 1. The van der Waals surface area contributed by atoms with E-state index in [9.17, 15) is 8.42 Å². The first kappa shape index (κ1) is 15.8. The van der Waals surface area contributed by atoms with Crippen LogP contribution in [-0.4, -0.2) is 27.5 Å². The molecule has 0 spiro atoms. The molecule has 1 N–H and O–H groups in total. The Bertz CT molecular complexity index is 698. The highest BCUT2D eigenvalue weighted by Crippen LogP contribution is 2.18. The number of pyridine rings is 1. The van der Waals surface area contributed by atoms with Gasteiger partial charge in [-0.1, -0.05) is 28.1 Å². The number of halogens is 1. The Kier molecular flexibility index (Phi) is 4.84. The van der Waals surface area contributed by atoms with Gasteiger partial charge in [-0.2, -0.15) is 0 Å². The lowest BCUT2D eigenvalue weighted by atomic mass is 10.2. The Hall–Kier alpha value is -1.60. The van der Waals surface area contributed by atoms with Gasteiger partial charge in [0.05, 0.1) is 16.8 Å². The molecule has 1 aromatic carbocycles. The van der Waals surface area contributed by atoms with Crippen molar-refractivity contribution in [2.45, 2.75) is 10.2 Å². The van der Waals surface area contributed by atoms with Crippen molar-refractivity contribution in [1.29, 1.82) is 0 Å². The van der Waals surface area contributed by atoms with Crippen LogP contribution in [0.3, 0.4) is 0 Å². The second kappa shape index (κ2) is 6.44. The fraction of sp³-hybridized carbons (Fsp3) is 0.214. The van der Waals surface area contributed by atoms with Gasteiger partial charge in [0.1, 0.15) is 5.82 Å². The van der Waals surface area contributed by atoms with Crippen LogP contribution in [-0.2, 0) is 15.4 Å². The normalized spacial score (nSPS) is 11.2. The maximum absolute atomic E-state index is 12.3. The van der Waals surface area contributed by atoms with Gasteiger partial charge in [0.2, 0.25) is 0 Å². The Labute approximate surface area is 133 Å². The monoisotopic (exact) mass is 369 g/mol. The topological polar surface area (TPSA) is 62.3 Å². The molecule has 0 aliphatic carbocycles. The molecule has 21 heavy (non-hydrogen) atoms. The summed E-state index contributed by atoms with van der Waals surface area (Å²) >= 11 is 3.33. The number of aromatic nitrogens is 1. The van der Waals surface area contributed by atoms with Crippen LogP contribution < -0.4 is 9.62 Å². The van der Waals surface area contributed by atoms with Crippen molar-refractivity contribution in [1.82, 2.24) is 4.98 Å². The summed E-state index contributed by atoms with van der Waals surface area (Å²) in [5.41, 5.74) is 1.45. The molecular weight excluding hydrogens is 354 g/mol. The fourth-order valence-electron chi connectivity index (χ4n) is 1.68. The first-order valence-electron chi connectivity index (χ1n) is 6.23. The first-order chi connectivity index (χ1) is 9.92. The van der Waals surface area contributed by atoms with Gasteiger partial charge in [-0.15, -0.1) is 0 Å². The van der Waals surface area contributed by atoms with Gasteiger partial charge in [-0.3, -0.25) is 4.72 Å². The quantitative estimate of drug-likeness (QED) is 0.823. The zero-order chi connectivity index (χ0) is 15.5. The molecular formula is C14H16BrN3O2S. The molecule has 1 aromatic heterocycles. The highest BCUT2D eigenvalue weighted by atomic mass is 79.9. The first-order valence-corrected chi connectivity index (χ1v) is 8.84. The van der Waals surface area contributed by atoms with Gasteiger partial charge in [0.25, 0.3) is 10.0 Å². The minimum absolute atomic E-state index is 0.226. The maximum atomic E-state index is 12.3. The zero-order valence-electron chi connectivity index (χ0n) is 11.7. The Balaban J connectivity index is 2.19. The number of alkyl halides is 1. The molecule has 2 rings (SSSR count). The van der Waals surface area contributed by atoms with E-state index in [2.05, 4.69) is 25.6 Å². The number of benzene rings is 1. The van der Waals surface area contributed by atoms with E-state index in [0.717, 1.165) is 11.4 Å². The van der Waals surface area contributed by atoms with Crippen LogP contribution in [0.2, 0.25) is 0 Å². The third-order valence-electron chi connectivity index (χ3n) is 2.85. The average Bonchev–Trinajstić information content (AvgIpc) is 2.47. The molecule has 0 saturated carbocycles. The van der Waals surface area contributed by atoms with Crippen LogP contribution in [0.15, 0.2) is 47.5 Å². The van der Waals surface area contributed by atoms with E-state index in [4.69, 9.17) is 0 Å². The van der Waals surface area contributed by atoms with Gasteiger partial charge < -0.3 is 4.90 Å². The highest BCUT2D eigenvalue weighted by molar-refractivity contribution is 9.08. The van der Waals surface area contributed by atoms with E-state index in [-0.39, 0.29) is 4.90 Å². The molecule has 0 aliphatic rings. The molecule has 0 amide bonds. The molecule has 0 saturated heterocycles. The Morgan fingerprint density at radius 3 is 2.29 bits per heavy atom. The molecule has 0 radical (unpaired) electrons. The second-order valence-electron chi connectivity index (χ2n) is 4.68. The van der Waals surface area contributed by atoms with Crippen molar-refractivity contribution in [2.24, 2.45) is 0 Å². The zero-order valence-corrected chi connectivity index (χ0v) is 14.1. The van der Waals surface area contributed by atoms with Gasteiger partial charge in [0, 0.05) is 19.4 Å². The molecule has 0 bridgehead atoms. The van der Waals surface area contributed by atoms with Gasteiger partial charge in [-0.05, 0) is 29.8 Å². The van der Waals surface area contributed by atoms with E-state index in [0.29, 0.717) is 11.0 Å². The van der Waals surface area contributed by atoms with E-state index in [1.165, 1.54) is 6.20 Å². The summed E-state index contributed by atoms with van der Waals surface area (Å²) < 4.78 is 27.0. The standard InChI is InChI=1S/C14H16BrN3O2S/c1-18(2)14-8-5-12(10-16-14)17-21(19,20)13-6-3-11(9-15)4-7-13/h3-8,10,17H,9H2,1-2H3. The third-order valence-corrected chi connectivity index (χ3v) is 4.89. The van der Waals surface area contributed by atoms with Crippen LogP contribution in [0.25, 0.3) is 0 Å². The number of hydrogen-bond donors (Lipinski definition) is 1. The largest absolute Gasteiger partial charge is 0.363 e. The van der Waals surface area contributed by atoms with Crippen molar-refractivity contribution >= 4 is 37.5 Å². The van der Waals surface area contributed by atoms with Gasteiger partial charge in [0.15, 0.2) is 0 Å². The van der Waals surface area contributed by atoms with Crippen LogP contribution in [0, 0.1) is 0 Å². The summed E-state index contributed by atoms with van der Waals surface area (Å²) in [5, 5.41) is 0.691. The molecule has 0 atom stereocenters. The molecule has 112 valence electrons. The highest BCUT2D eigenvalue weighted by Gasteiger charge is 2.14. The summed E-state index contributed by atoms with van der Waals surface area (Å²) in [6.07, 6.45) is 1.50. The van der Waals surface area contributed by atoms with Crippen LogP contribution >= 0.6 is 15.9 Å². The summed E-state index contributed by atoms with van der Waals surface area (Å²) in [6, 6.07) is 10.2. The molecule has 0 fully saturated rings. The Morgan fingerprint density at radius 2 is 1.81 bits per heavy atom. The van der Waals surface area contributed by atoms with E-state index in [1.54, 1.807) is 36.4 Å². The molecule has 2 aromatic rings. The van der Waals surface area contributed by atoms with Crippen molar-refractivity contribution in [3.05, 3.63) is 48.2 Å². The number of nitrogens with zero attached hydrogens (tertiary/aromatic N) is 2. The molecule has 7 heteroatoms. The summed E-state index contributed by atoms with van der Waals surface area (Å²) in [4.78, 5) is 6.25. The lowest BCUT2D eigenvalue weighted by molar-refractivity contribution is 0.601. The number of sulfonamides is 1. The second-order valence-corrected chi connectivity index (χ2v) is 6.93. The van der Waals surface area contributed by atoms with Crippen LogP contribution in [0.5, 0.6) is 0 Å².